The minimum absolute atomic E-state index is 0.0614. The second kappa shape index (κ2) is 8.23. The highest BCUT2D eigenvalue weighted by Crippen LogP contribution is 2.22. The molecule has 0 heterocycles. The monoisotopic (exact) mass is 351 g/mol. The van der Waals surface area contributed by atoms with Crippen molar-refractivity contribution in [3.63, 3.8) is 0 Å². The van der Waals surface area contributed by atoms with E-state index in [9.17, 15) is 4.79 Å². The molecule has 1 aromatic rings. The van der Waals surface area contributed by atoms with Crippen molar-refractivity contribution < 1.29 is 9.53 Å². The number of ether oxygens (including phenoxy) is 1. The highest BCUT2D eigenvalue weighted by Gasteiger charge is 2.07. The number of allylic oxidation sites excluding steroid dienone is 1. The topological polar surface area (TPSA) is 38.3 Å². The molecule has 1 aromatic carbocycles. The van der Waals surface area contributed by atoms with E-state index < -0.39 is 0 Å². The summed E-state index contributed by atoms with van der Waals surface area (Å²) in [5.41, 5.74) is 2.50. The van der Waals surface area contributed by atoms with E-state index in [2.05, 4.69) is 27.3 Å². The first kappa shape index (κ1) is 16.1. The molecule has 2 rings (SSSR count). The molecule has 1 aliphatic rings. The molecule has 21 heavy (non-hydrogen) atoms. The van der Waals surface area contributed by atoms with Gasteiger partial charge in [-0.15, -0.1) is 0 Å². The predicted molar refractivity (Wildman–Crippen MR) is 88.6 cm³/mol. The van der Waals surface area contributed by atoms with Gasteiger partial charge in [0.15, 0.2) is 6.61 Å². The molecule has 0 radical (unpaired) electrons. The third-order valence-electron chi connectivity index (χ3n) is 3.65. The Morgan fingerprint density at radius 2 is 2.24 bits per heavy atom. The Morgan fingerprint density at radius 1 is 1.38 bits per heavy atom. The van der Waals surface area contributed by atoms with Crippen LogP contribution >= 0.6 is 15.9 Å². The normalized spacial score (nSPS) is 14.5. The van der Waals surface area contributed by atoms with E-state index in [1.54, 1.807) is 0 Å². The third-order valence-corrected chi connectivity index (χ3v) is 4.14. The summed E-state index contributed by atoms with van der Waals surface area (Å²) in [6.07, 6.45) is 8.24. The van der Waals surface area contributed by atoms with Crippen LogP contribution in [0, 0.1) is 6.92 Å². The van der Waals surface area contributed by atoms with Gasteiger partial charge in [-0.05, 0) is 62.8 Å². The molecule has 1 aliphatic carbocycles. The van der Waals surface area contributed by atoms with Gasteiger partial charge in [0.25, 0.3) is 5.91 Å². The lowest BCUT2D eigenvalue weighted by atomic mass is 9.97. The van der Waals surface area contributed by atoms with Crippen molar-refractivity contribution in [2.24, 2.45) is 0 Å². The smallest absolute Gasteiger partial charge is 0.257 e. The summed E-state index contributed by atoms with van der Waals surface area (Å²) >= 11 is 3.41. The van der Waals surface area contributed by atoms with Crippen molar-refractivity contribution in [3.8, 4) is 5.75 Å². The molecule has 1 N–H and O–H groups in total. The average molecular weight is 352 g/mol. The van der Waals surface area contributed by atoms with E-state index in [4.69, 9.17) is 4.74 Å². The number of benzene rings is 1. The fourth-order valence-electron chi connectivity index (χ4n) is 2.46. The van der Waals surface area contributed by atoms with Gasteiger partial charge in [0, 0.05) is 11.0 Å². The SMILES string of the molecule is Cc1cc(Br)ccc1OCC(=O)NCCC1=CCCCC1. The standard InChI is InChI=1S/C17H22BrNO2/c1-13-11-15(18)7-8-16(13)21-12-17(20)19-10-9-14-5-3-2-4-6-14/h5,7-8,11H,2-4,6,9-10,12H2,1H3,(H,19,20). The number of carbonyl (C=O) groups is 1. The van der Waals surface area contributed by atoms with E-state index in [1.807, 2.05) is 25.1 Å². The number of carbonyl (C=O) groups excluding carboxylic acids is 1. The minimum Gasteiger partial charge on any atom is -0.484 e. The Hall–Kier alpha value is -1.29. The molecular formula is C17H22BrNO2. The fraction of sp³-hybridized carbons (Fsp3) is 0.471. The largest absolute Gasteiger partial charge is 0.484 e. The molecule has 1 amide bonds. The lowest BCUT2D eigenvalue weighted by Gasteiger charge is -2.13. The van der Waals surface area contributed by atoms with Crippen LogP contribution in [-0.4, -0.2) is 19.1 Å². The van der Waals surface area contributed by atoms with Crippen LogP contribution < -0.4 is 10.1 Å². The van der Waals surface area contributed by atoms with Crippen LogP contribution in [0.25, 0.3) is 0 Å². The summed E-state index contributed by atoms with van der Waals surface area (Å²) < 4.78 is 6.56. The zero-order chi connectivity index (χ0) is 15.1. The van der Waals surface area contributed by atoms with Crippen molar-refractivity contribution >= 4 is 21.8 Å². The maximum absolute atomic E-state index is 11.8. The molecular weight excluding hydrogens is 330 g/mol. The van der Waals surface area contributed by atoms with Gasteiger partial charge in [0.1, 0.15) is 5.75 Å². The summed E-state index contributed by atoms with van der Waals surface area (Å²) in [5.74, 6) is 0.692. The van der Waals surface area contributed by atoms with Gasteiger partial charge < -0.3 is 10.1 Å². The number of hydrogen-bond donors (Lipinski definition) is 1. The lowest BCUT2D eigenvalue weighted by molar-refractivity contribution is -0.123. The van der Waals surface area contributed by atoms with Crippen molar-refractivity contribution in [3.05, 3.63) is 39.9 Å². The van der Waals surface area contributed by atoms with E-state index in [-0.39, 0.29) is 12.5 Å². The first-order valence-electron chi connectivity index (χ1n) is 7.49. The Balaban J connectivity index is 1.68. The van der Waals surface area contributed by atoms with Crippen LogP contribution in [0.1, 0.15) is 37.7 Å². The number of rotatable bonds is 6. The van der Waals surface area contributed by atoms with Gasteiger partial charge in [-0.3, -0.25) is 4.79 Å². The van der Waals surface area contributed by atoms with E-state index in [0.29, 0.717) is 6.54 Å². The molecule has 0 saturated carbocycles. The summed E-state index contributed by atoms with van der Waals surface area (Å²) in [5, 5.41) is 2.92. The van der Waals surface area contributed by atoms with Gasteiger partial charge in [-0.25, -0.2) is 0 Å². The maximum atomic E-state index is 11.8. The van der Waals surface area contributed by atoms with E-state index in [1.165, 1.54) is 31.3 Å². The molecule has 0 bridgehead atoms. The maximum Gasteiger partial charge on any atom is 0.257 e. The van der Waals surface area contributed by atoms with Gasteiger partial charge >= 0.3 is 0 Å². The Bertz CT molecular complexity index is 526. The number of nitrogens with one attached hydrogen (secondary N) is 1. The van der Waals surface area contributed by atoms with Gasteiger partial charge in [0.05, 0.1) is 0 Å². The number of aryl methyl sites for hydroxylation is 1. The van der Waals surface area contributed by atoms with Crippen LogP contribution in [-0.2, 0) is 4.79 Å². The zero-order valence-corrected chi connectivity index (χ0v) is 14.0. The Morgan fingerprint density at radius 3 is 2.95 bits per heavy atom. The number of amides is 1. The van der Waals surface area contributed by atoms with Crippen molar-refractivity contribution in [2.45, 2.75) is 39.0 Å². The molecule has 0 spiro atoms. The summed E-state index contributed by atoms with van der Waals surface area (Å²) in [7, 11) is 0. The number of halogens is 1. The van der Waals surface area contributed by atoms with Crippen LogP contribution in [0.4, 0.5) is 0 Å². The molecule has 0 atom stereocenters. The quantitative estimate of drug-likeness (QED) is 0.782. The van der Waals surface area contributed by atoms with Gasteiger partial charge in [-0.1, -0.05) is 27.6 Å². The Labute approximate surface area is 134 Å². The predicted octanol–water partition coefficient (Wildman–Crippen LogP) is 4.14. The van der Waals surface area contributed by atoms with Crippen molar-refractivity contribution in [1.82, 2.24) is 5.32 Å². The molecule has 0 aliphatic heterocycles. The molecule has 0 saturated heterocycles. The van der Waals surface area contributed by atoms with Crippen LogP contribution in [0.5, 0.6) is 5.75 Å². The van der Waals surface area contributed by atoms with Crippen molar-refractivity contribution in [2.75, 3.05) is 13.2 Å². The average Bonchev–Trinajstić information content (AvgIpc) is 2.47. The lowest BCUT2D eigenvalue weighted by Crippen LogP contribution is -2.30. The fourth-order valence-corrected chi connectivity index (χ4v) is 2.94. The second-order valence-electron chi connectivity index (χ2n) is 5.41. The molecule has 0 fully saturated rings. The second-order valence-corrected chi connectivity index (χ2v) is 6.32. The Kier molecular flexibility index (Phi) is 6.30. The third kappa shape index (κ3) is 5.54. The zero-order valence-electron chi connectivity index (χ0n) is 12.5. The van der Waals surface area contributed by atoms with Crippen LogP contribution in [0.2, 0.25) is 0 Å². The van der Waals surface area contributed by atoms with E-state index in [0.717, 1.165) is 22.2 Å². The highest BCUT2D eigenvalue weighted by molar-refractivity contribution is 9.10. The summed E-state index contributed by atoms with van der Waals surface area (Å²) in [6.45, 7) is 2.74. The number of hydrogen-bond acceptors (Lipinski definition) is 2. The van der Waals surface area contributed by atoms with Crippen LogP contribution in [0.15, 0.2) is 34.3 Å². The molecule has 3 nitrogen and oxygen atoms in total. The van der Waals surface area contributed by atoms with Gasteiger partial charge in [0.2, 0.25) is 0 Å². The first-order valence-corrected chi connectivity index (χ1v) is 8.28. The molecule has 4 heteroatoms. The molecule has 0 aromatic heterocycles. The molecule has 0 unspecified atom stereocenters. The summed E-state index contributed by atoms with van der Waals surface area (Å²) in [6, 6.07) is 5.76. The van der Waals surface area contributed by atoms with Gasteiger partial charge in [-0.2, -0.15) is 0 Å². The molecule has 114 valence electrons. The van der Waals surface area contributed by atoms with Crippen LogP contribution in [0.3, 0.4) is 0 Å². The van der Waals surface area contributed by atoms with Crippen molar-refractivity contribution in [1.29, 1.82) is 0 Å². The highest BCUT2D eigenvalue weighted by atomic mass is 79.9. The first-order chi connectivity index (χ1) is 10.1. The summed E-state index contributed by atoms with van der Waals surface area (Å²) in [4.78, 5) is 11.8. The minimum atomic E-state index is -0.0614. The van der Waals surface area contributed by atoms with E-state index >= 15 is 0 Å².